The smallest absolute Gasteiger partial charge is 0.191 e. The summed E-state index contributed by atoms with van der Waals surface area (Å²) < 4.78 is 11.8. The van der Waals surface area contributed by atoms with E-state index >= 15 is 0 Å². The summed E-state index contributed by atoms with van der Waals surface area (Å²) in [4.78, 5) is 0. The van der Waals surface area contributed by atoms with Gasteiger partial charge in [0.05, 0.1) is 19.9 Å². The van der Waals surface area contributed by atoms with Crippen LogP contribution in [-0.2, 0) is 9.16 Å². The number of rotatable bonds is 7. The Morgan fingerprint density at radius 1 is 1.15 bits per heavy atom. The van der Waals surface area contributed by atoms with Crippen molar-refractivity contribution in [1.29, 1.82) is 0 Å². The van der Waals surface area contributed by atoms with E-state index in [1.165, 1.54) is 0 Å². The molecule has 3 nitrogen and oxygen atoms in total. The van der Waals surface area contributed by atoms with Crippen LogP contribution in [-0.4, -0.2) is 46.0 Å². The molecule has 1 saturated heterocycles. The Morgan fingerprint density at radius 3 is 2.10 bits per heavy atom. The Kier molecular flexibility index (Phi) is 5.70. The Balaban J connectivity index is 2.23. The van der Waals surface area contributed by atoms with E-state index in [9.17, 15) is 5.11 Å². The van der Waals surface area contributed by atoms with Crippen LogP contribution in [0.2, 0.25) is 37.8 Å². The second-order valence-electron chi connectivity index (χ2n) is 8.71. The predicted molar refractivity (Wildman–Crippen MR) is 90.4 cm³/mol. The van der Waals surface area contributed by atoms with Crippen LogP contribution in [0.3, 0.4) is 0 Å². The van der Waals surface area contributed by atoms with Crippen LogP contribution in [0.1, 0.15) is 33.6 Å². The van der Waals surface area contributed by atoms with Crippen molar-refractivity contribution in [1.82, 2.24) is 0 Å². The number of aliphatic hydroxyl groups is 1. The number of hydrogen-bond acceptors (Lipinski definition) is 3. The zero-order valence-electron chi connectivity index (χ0n) is 14.6. The van der Waals surface area contributed by atoms with Gasteiger partial charge >= 0.3 is 0 Å². The monoisotopic (exact) mass is 318 g/mol. The van der Waals surface area contributed by atoms with Crippen LogP contribution >= 0.6 is 0 Å². The largest absolute Gasteiger partial charge is 0.417 e. The average Bonchev–Trinajstić information content (AvgIpc) is 3.01. The zero-order valence-corrected chi connectivity index (χ0v) is 16.6. The van der Waals surface area contributed by atoms with Crippen molar-refractivity contribution in [2.75, 3.05) is 6.61 Å². The summed E-state index contributed by atoms with van der Waals surface area (Å²) >= 11 is 0. The Hall–Kier alpha value is 0.314. The second-order valence-corrected chi connectivity index (χ2v) is 18.8. The first-order valence-corrected chi connectivity index (χ1v) is 14.3. The van der Waals surface area contributed by atoms with Gasteiger partial charge in [0.1, 0.15) is 6.10 Å². The van der Waals surface area contributed by atoms with Gasteiger partial charge in [-0.05, 0) is 31.0 Å². The number of ether oxygens (including phenoxy) is 1. The van der Waals surface area contributed by atoms with Crippen molar-refractivity contribution >= 4 is 16.4 Å². The van der Waals surface area contributed by atoms with Crippen molar-refractivity contribution in [3.63, 3.8) is 0 Å². The summed E-state index contributed by atoms with van der Waals surface area (Å²) in [6.07, 6.45) is 1.50. The Morgan fingerprint density at radius 2 is 1.70 bits per heavy atom. The van der Waals surface area contributed by atoms with Crippen LogP contribution in [0.25, 0.3) is 0 Å². The van der Waals surface area contributed by atoms with E-state index in [0.29, 0.717) is 5.73 Å². The summed E-state index contributed by atoms with van der Waals surface area (Å²) in [6, 6.07) is 0. The fourth-order valence-corrected chi connectivity index (χ4v) is 4.97. The lowest BCUT2D eigenvalue weighted by molar-refractivity contribution is 0.117. The molecule has 1 aliphatic heterocycles. The molecule has 1 aliphatic rings. The van der Waals surface area contributed by atoms with E-state index in [4.69, 9.17) is 9.16 Å². The first-order chi connectivity index (χ1) is 8.86. The quantitative estimate of drug-likeness (QED) is 0.441. The molecular weight excluding hydrogens is 284 g/mol. The Bertz CT molecular complexity index is 318. The van der Waals surface area contributed by atoms with Crippen LogP contribution in [0.15, 0.2) is 0 Å². The SMILES string of the molecule is CC(C)(C)[Si](C)(C)OCCC[C@H](O)[C@@H]1O[C@H]1[Si](C)(C)C. The fourth-order valence-electron chi connectivity index (χ4n) is 2.11. The molecule has 1 N–H and O–H groups in total. The molecule has 0 aromatic carbocycles. The molecule has 0 unspecified atom stereocenters. The second kappa shape index (κ2) is 6.20. The summed E-state index contributed by atoms with van der Waals surface area (Å²) in [7, 11) is -2.90. The van der Waals surface area contributed by atoms with Gasteiger partial charge in [-0.3, -0.25) is 0 Å². The van der Waals surface area contributed by atoms with Gasteiger partial charge in [0.15, 0.2) is 8.32 Å². The molecule has 3 atom stereocenters. The van der Waals surface area contributed by atoms with Crippen molar-refractivity contribution in [3.8, 4) is 0 Å². The van der Waals surface area contributed by atoms with Crippen molar-refractivity contribution in [3.05, 3.63) is 0 Å². The molecule has 1 rings (SSSR count). The fraction of sp³-hybridized carbons (Fsp3) is 1.00. The summed E-state index contributed by atoms with van der Waals surface area (Å²) in [6.45, 7) is 19.0. The predicted octanol–water partition coefficient (Wildman–Crippen LogP) is 3.79. The molecule has 5 heteroatoms. The van der Waals surface area contributed by atoms with E-state index in [2.05, 4.69) is 53.5 Å². The van der Waals surface area contributed by atoms with Gasteiger partial charge in [0, 0.05) is 6.61 Å². The van der Waals surface area contributed by atoms with Crippen LogP contribution in [0.4, 0.5) is 0 Å². The molecule has 20 heavy (non-hydrogen) atoms. The minimum Gasteiger partial charge on any atom is -0.417 e. The van der Waals surface area contributed by atoms with Crippen molar-refractivity contribution in [2.45, 2.75) is 89.3 Å². The normalized spacial score (nSPS) is 25.6. The molecule has 0 aromatic heterocycles. The zero-order chi connectivity index (χ0) is 15.8. The highest BCUT2D eigenvalue weighted by atomic mass is 28.4. The maximum absolute atomic E-state index is 10.2. The molecule has 1 fully saturated rings. The number of hydrogen-bond donors (Lipinski definition) is 1. The third-order valence-electron chi connectivity index (χ3n) is 4.67. The highest BCUT2D eigenvalue weighted by Crippen LogP contribution is 2.37. The van der Waals surface area contributed by atoms with E-state index in [-0.39, 0.29) is 17.2 Å². The van der Waals surface area contributed by atoms with Gasteiger partial charge in [-0.2, -0.15) is 0 Å². The maximum Gasteiger partial charge on any atom is 0.191 e. The summed E-state index contributed by atoms with van der Waals surface area (Å²) in [5.41, 5.74) is 0.346. The number of epoxide rings is 1. The van der Waals surface area contributed by atoms with Gasteiger partial charge in [0.2, 0.25) is 0 Å². The third-order valence-corrected chi connectivity index (χ3v) is 11.4. The third kappa shape index (κ3) is 4.95. The van der Waals surface area contributed by atoms with Crippen LogP contribution in [0.5, 0.6) is 0 Å². The number of aliphatic hydroxyl groups excluding tert-OH is 1. The molecule has 0 amide bonds. The standard InChI is InChI=1S/C15H34O3Si2/c1-15(2,3)20(7,8)17-11-9-10-12(16)13-14(18-13)19(4,5)6/h12-14,16H,9-11H2,1-8H3/t12-,13-,14-/m0/s1. The van der Waals surface area contributed by atoms with Crippen molar-refractivity contribution < 1.29 is 14.3 Å². The molecule has 0 bridgehead atoms. The van der Waals surface area contributed by atoms with E-state index in [1.54, 1.807) is 0 Å². The summed E-state index contributed by atoms with van der Waals surface area (Å²) in [5.74, 6) is 0. The lowest BCUT2D eigenvalue weighted by Gasteiger charge is -2.36. The van der Waals surface area contributed by atoms with Crippen LogP contribution in [0, 0.1) is 0 Å². The molecule has 0 radical (unpaired) electrons. The molecule has 1 heterocycles. The van der Waals surface area contributed by atoms with Crippen molar-refractivity contribution in [2.24, 2.45) is 0 Å². The van der Waals surface area contributed by atoms with Gasteiger partial charge in [-0.1, -0.05) is 40.4 Å². The van der Waals surface area contributed by atoms with E-state index in [0.717, 1.165) is 19.4 Å². The molecule has 0 aromatic rings. The average molecular weight is 319 g/mol. The van der Waals surface area contributed by atoms with Gasteiger partial charge in [-0.25, -0.2) is 0 Å². The van der Waals surface area contributed by atoms with Gasteiger partial charge < -0.3 is 14.3 Å². The van der Waals surface area contributed by atoms with E-state index in [1.807, 2.05) is 0 Å². The van der Waals surface area contributed by atoms with Gasteiger partial charge in [0.25, 0.3) is 0 Å². The highest BCUT2D eigenvalue weighted by Gasteiger charge is 2.51. The highest BCUT2D eigenvalue weighted by molar-refractivity contribution is 6.78. The van der Waals surface area contributed by atoms with Gasteiger partial charge in [-0.15, -0.1) is 0 Å². The maximum atomic E-state index is 10.2. The first-order valence-electron chi connectivity index (χ1n) is 7.84. The van der Waals surface area contributed by atoms with E-state index < -0.39 is 16.4 Å². The lowest BCUT2D eigenvalue weighted by Crippen LogP contribution is -2.41. The van der Waals surface area contributed by atoms with Crippen LogP contribution < -0.4 is 0 Å². The summed E-state index contributed by atoms with van der Waals surface area (Å²) in [5, 5.41) is 10.4. The topological polar surface area (TPSA) is 42.0 Å². The Labute approximate surface area is 127 Å². The minimum atomic E-state index is -1.64. The lowest BCUT2D eigenvalue weighted by atomic mass is 10.1. The molecule has 0 spiro atoms. The molecule has 0 aliphatic carbocycles. The molecular formula is C15H34O3Si2. The first kappa shape index (κ1) is 18.4. The molecule has 120 valence electrons. The molecule has 0 saturated carbocycles. The minimum absolute atomic E-state index is 0.0922.